The van der Waals surface area contributed by atoms with Crippen LogP contribution in [0, 0.1) is 12.3 Å². The van der Waals surface area contributed by atoms with Gasteiger partial charge in [-0.2, -0.15) is 0 Å². The topological polar surface area (TPSA) is 47.6 Å². The SMILES string of the molecule is COc1cc([C@@H]2Nc3ccc4ccccc4c3C3=C2C(=O)CC(C)(C)C3)ccc1OCc1ccc(C)cc1. The van der Waals surface area contributed by atoms with Gasteiger partial charge in [0.25, 0.3) is 0 Å². The Morgan fingerprint density at radius 1 is 0.921 bits per heavy atom. The molecular weight excluding hydrogens is 470 g/mol. The first-order valence-electron chi connectivity index (χ1n) is 13.2. The molecule has 0 unspecified atom stereocenters. The number of methoxy groups -OCH3 is 1. The van der Waals surface area contributed by atoms with Gasteiger partial charge in [0.15, 0.2) is 17.3 Å². The Kier molecular flexibility index (Phi) is 5.98. The highest BCUT2D eigenvalue weighted by Gasteiger charge is 2.41. The van der Waals surface area contributed by atoms with Crippen molar-refractivity contribution in [1.82, 2.24) is 0 Å². The maximum atomic E-state index is 13.7. The quantitative estimate of drug-likeness (QED) is 0.299. The zero-order valence-electron chi connectivity index (χ0n) is 22.4. The van der Waals surface area contributed by atoms with Crippen LogP contribution in [0.4, 0.5) is 5.69 Å². The second kappa shape index (κ2) is 9.36. The molecular formula is C34H33NO3. The van der Waals surface area contributed by atoms with Gasteiger partial charge in [-0.3, -0.25) is 4.79 Å². The lowest BCUT2D eigenvalue weighted by Gasteiger charge is -2.40. The highest BCUT2D eigenvalue weighted by Crippen LogP contribution is 2.52. The largest absolute Gasteiger partial charge is 0.493 e. The third-order valence-corrected chi connectivity index (χ3v) is 7.78. The molecule has 0 bridgehead atoms. The van der Waals surface area contributed by atoms with Crippen molar-refractivity contribution < 1.29 is 14.3 Å². The molecule has 0 saturated heterocycles. The van der Waals surface area contributed by atoms with E-state index in [1.165, 1.54) is 27.5 Å². The van der Waals surface area contributed by atoms with E-state index in [9.17, 15) is 4.79 Å². The summed E-state index contributed by atoms with van der Waals surface area (Å²) in [6.45, 7) is 6.92. The first-order chi connectivity index (χ1) is 18.3. The molecule has 0 radical (unpaired) electrons. The number of aryl methyl sites for hydroxylation is 1. The average molecular weight is 504 g/mol. The number of benzene rings is 4. The Balaban J connectivity index is 1.41. The third-order valence-electron chi connectivity index (χ3n) is 7.78. The van der Waals surface area contributed by atoms with Crippen molar-refractivity contribution in [2.45, 2.75) is 46.3 Å². The Labute approximate surface area is 224 Å². The van der Waals surface area contributed by atoms with Gasteiger partial charge in [0.05, 0.1) is 13.2 Å². The normalized spacial score (nSPS) is 18.0. The predicted octanol–water partition coefficient (Wildman–Crippen LogP) is 8.05. The van der Waals surface area contributed by atoms with E-state index in [1.54, 1.807) is 7.11 Å². The van der Waals surface area contributed by atoms with E-state index in [2.05, 4.69) is 86.8 Å². The molecule has 1 N–H and O–H groups in total. The molecule has 4 nitrogen and oxygen atoms in total. The summed E-state index contributed by atoms with van der Waals surface area (Å²) in [5.74, 6) is 1.56. The molecule has 0 saturated carbocycles. The standard InChI is InChI=1S/C34H33NO3/c1-21-9-11-22(12-10-21)20-38-29-16-14-24(17-30(29)37-4)33-32-26(18-34(2,3)19-28(32)36)31-25-8-6-5-7-23(25)13-15-27(31)35-33/h5-17,33,35H,18-20H2,1-4H3/t33-/m0/s1. The van der Waals surface area contributed by atoms with Gasteiger partial charge < -0.3 is 14.8 Å². The molecule has 1 heterocycles. The summed E-state index contributed by atoms with van der Waals surface area (Å²) in [5, 5.41) is 6.09. The minimum Gasteiger partial charge on any atom is -0.493 e. The highest BCUT2D eigenvalue weighted by atomic mass is 16.5. The van der Waals surface area contributed by atoms with Crippen LogP contribution in [-0.2, 0) is 11.4 Å². The fourth-order valence-electron chi connectivity index (χ4n) is 5.92. The first kappa shape index (κ1) is 24.3. The van der Waals surface area contributed by atoms with Crippen LogP contribution in [0.1, 0.15) is 55.0 Å². The van der Waals surface area contributed by atoms with Crippen molar-refractivity contribution in [2.24, 2.45) is 5.41 Å². The van der Waals surface area contributed by atoms with Gasteiger partial charge in [-0.25, -0.2) is 0 Å². The molecule has 1 atom stereocenters. The number of ketones is 1. The van der Waals surface area contributed by atoms with E-state index in [0.717, 1.165) is 28.8 Å². The molecule has 0 aromatic heterocycles. The second-order valence-corrected chi connectivity index (χ2v) is 11.3. The number of rotatable bonds is 5. The van der Waals surface area contributed by atoms with Crippen LogP contribution < -0.4 is 14.8 Å². The number of hydrogen-bond acceptors (Lipinski definition) is 4. The van der Waals surface area contributed by atoms with Crippen LogP contribution in [0.5, 0.6) is 11.5 Å². The number of allylic oxidation sites excluding steroid dienone is 1. The zero-order chi connectivity index (χ0) is 26.4. The molecule has 0 amide bonds. The first-order valence-corrected chi connectivity index (χ1v) is 13.2. The van der Waals surface area contributed by atoms with Crippen LogP contribution in [0.3, 0.4) is 0 Å². The van der Waals surface area contributed by atoms with Crippen LogP contribution >= 0.6 is 0 Å². The number of fused-ring (bicyclic) bond motifs is 4. The number of carbonyl (C=O) groups is 1. The summed E-state index contributed by atoms with van der Waals surface area (Å²) in [6.07, 6.45) is 1.40. The van der Waals surface area contributed by atoms with Crippen molar-refractivity contribution in [2.75, 3.05) is 12.4 Å². The molecule has 38 heavy (non-hydrogen) atoms. The van der Waals surface area contributed by atoms with Gasteiger partial charge in [-0.05, 0) is 64.4 Å². The van der Waals surface area contributed by atoms with E-state index in [4.69, 9.17) is 9.47 Å². The van der Waals surface area contributed by atoms with E-state index >= 15 is 0 Å². The molecule has 0 spiro atoms. The summed E-state index contributed by atoms with van der Waals surface area (Å²) >= 11 is 0. The number of anilines is 1. The highest BCUT2D eigenvalue weighted by molar-refractivity contribution is 6.12. The van der Waals surface area contributed by atoms with Crippen molar-refractivity contribution in [3.05, 3.63) is 107 Å². The molecule has 2 aliphatic rings. The van der Waals surface area contributed by atoms with Crippen molar-refractivity contribution in [3.63, 3.8) is 0 Å². The summed E-state index contributed by atoms with van der Waals surface area (Å²) < 4.78 is 11.9. The average Bonchev–Trinajstić information content (AvgIpc) is 2.91. The lowest BCUT2D eigenvalue weighted by atomic mass is 9.68. The van der Waals surface area contributed by atoms with E-state index in [0.29, 0.717) is 24.5 Å². The van der Waals surface area contributed by atoms with Crippen molar-refractivity contribution in [3.8, 4) is 11.5 Å². The Morgan fingerprint density at radius 3 is 2.50 bits per heavy atom. The smallest absolute Gasteiger partial charge is 0.162 e. The molecule has 192 valence electrons. The fourth-order valence-corrected chi connectivity index (χ4v) is 5.92. The monoisotopic (exact) mass is 503 g/mol. The molecule has 4 aromatic carbocycles. The molecule has 0 fully saturated rings. The minimum atomic E-state index is -0.248. The number of hydrogen-bond donors (Lipinski definition) is 1. The molecule has 4 aromatic rings. The van der Waals surface area contributed by atoms with Crippen LogP contribution in [0.15, 0.2) is 84.4 Å². The fraction of sp³-hybridized carbons (Fsp3) is 0.265. The number of carbonyl (C=O) groups excluding carboxylic acids is 1. The van der Waals surface area contributed by atoms with Crippen LogP contribution in [-0.4, -0.2) is 12.9 Å². The Morgan fingerprint density at radius 2 is 1.71 bits per heavy atom. The zero-order valence-corrected chi connectivity index (χ0v) is 22.4. The van der Waals surface area contributed by atoms with E-state index < -0.39 is 0 Å². The van der Waals surface area contributed by atoms with Gasteiger partial charge in [-0.15, -0.1) is 0 Å². The molecule has 1 aliphatic carbocycles. The van der Waals surface area contributed by atoms with Gasteiger partial charge in [0, 0.05) is 23.2 Å². The lowest BCUT2D eigenvalue weighted by Crippen LogP contribution is -2.33. The Bertz CT molecular complexity index is 1580. The third kappa shape index (κ3) is 4.34. The van der Waals surface area contributed by atoms with Gasteiger partial charge in [-0.1, -0.05) is 80.1 Å². The summed E-state index contributed by atoms with van der Waals surface area (Å²) in [5.41, 5.74) is 7.51. The summed E-state index contributed by atoms with van der Waals surface area (Å²) in [6, 6.07) is 26.8. The number of ether oxygens (including phenoxy) is 2. The predicted molar refractivity (Wildman–Crippen MR) is 154 cm³/mol. The van der Waals surface area contributed by atoms with E-state index in [-0.39, 0.29) is 17.2 Å². The van der Waals surface area contributed by atoms with Gasteiger partial charge in [0.2, 0.25) is 0 Å². The maximum absolute atomic E-state index is 13.7. The van der Waals surface area contributed by atoms with Gasteiger partial charge >= 0.3 is 0 Å². The maximum Gasteiger partial charge on any atom is 0.162 e. The lowest BCUT2D eigenvalue weighted by molar-refractivity contribution is -0.118. The van der Waals surface area contributed by atoms with Crippen LogP contribution in [0.2, 0.25) is 0 Å². The van der Waals surface area contributed by atoms with E-state index in [1.807, 2.05) is 18.2 Å². The minimum absolute atomic E-state index is 0.0859. The van der Waals surface area contributed by atoms with Crippen molar-refractivity contribution >= 4 is 27.8 Å². The molecule has 4 heteroatoms. The summed E-state index contributed by atoms with van der Waals surface area (Å²) in [7, 11) is 1.66. The van der Waals surface area contributed by atoms with Gasteiger partial charge in [0.1, 0.15) is 6.61 Å². The number of nitrogens with one attached hydrogen (secondary N) is 1. The van der Waals surface area contributed by atoms with Crippen molar-refractivity contribution in [1.29, 1.82) is 0 Å². The molecule has 1 aliphatic heterocycles. The summed E-state index contributed by atoms with van der Waals surface area (Å²) in [4.78, 5) is 13.7. The molecule has 6 rings (SSSR count). The Hall–Kier alpha value is -4.05. The van der Waals surface area contributed by atoms with Crippen LogP contribution in [0.25, 0.3) is 16.3 Å². The number of Topliss-reactive ketones (excluding diaryl/α,β-unsaturated/α-hetero) is 1. The second-order valence-electron chi connectivity index (χ2n) is 11.3.